The molecule has 2 aromatic rings. The fourth-order valence-electron chi connectivity index (χ4n) is 3.30. The number of aryl methyl sites for hydroxylation is 3. The Balaban J connectivity index is 1.87. The molecule has 0 aliphatic carbocycles. The van der Waals surface area contributed by atoms with Crippen LogP contribution in [0.1, 0.15) is 51.9 Å². The van der Waals surface area contributed by atoms with Crippen molar-refractivity contribution in [3.63, 3.8) is 0 Å². The average molecular weight is 372 g/mol. The van der Waals surface area contributed by atoms with Crippen molar-refractivity contribution in [1.82, 2.24) is 14.6 Å². The maximum absolute atomic E-state index is 12.8. The Morgan fingerprint density at radius 1 is 1.26 bits per heavy atom. The molecule has 1 N–H and O–H groups in total. The first-order valence-electron chi connectivity index (χ1n) is 9.02. The van der Waals surface area contributed by atoms with E-state index in [1.54, 1.807) is 25.8 Å². The van der Waals surface area contributed by atoms with Gasteiger partial charge in [-0.2, -0.15) is 0 Å². The number of aromatic nitrogens is 2. The van der Waals surface area contributed by atoms with E-state index in [-0.39, 0.29) is 17.2 Å². The lowest BCUT2D eigenvalue weighted by Crippen LogP contribution is -2.38. The van der Waals surface area contributed by atoms with Crippen LogP contribution >= 0.6 is 0 Å². The number of nitrogens with zero attached hydrogens (tertiary/aromatic N) is 3. The largest absolute Gasteiger partial charge is 0.361 e. The van der Waals surface area contributed by atoms with Gasteiger partial charge in [0, 0.05) is 26.3 Å². The van der Waals surface area contributed by atoms with Crippen LogP contribution in [0, 0.1) is 19.8 Å². The third-order valence-corrected chi connectivity index (χ3v) is 5.01. The van der Waals surface area contributed by atoms with E-state index in [9.17, 15) is 14.4 Å². The number of pyridine rings is 1. The lowest BCUT2D eigenvalue weighted by Gasteiger charge is -2.30. The number of amides is 2. The van der Waals surface area contributed by atoms with Crippen LogP contribution < -0.4 is 10.9 Å². The Bertz CT molecular complexity index is 916. The van der Waals surface area contributed by atoms with Gasteiger partial charge in [-0.15, -0.1) is 0 Å². The minimum absolute atomic E-state index is 0.0544. The Kier molecular flexibility index (Phi) is 5.16. The molecule has 0 spiro atoms. The molecule has 1 aliphatic heterocycles. The molecule has 0 aromatic carbocycles. The molecule has 8 heteroatoms. The van der Waals surface area contributed by atoms with Crippen LogP contribution in [0.2, 0.25) is 0 Å². The van der Waals surface area contributed by atoms with E-state index in [1.165, 1.54) is 16.8 Å². The van der Waals surface area contributed by atoms with Gasteiger partial charge in [0.25, 0.3) is 17.4 Å². The summed E-state index contributed by atoms with van der Waals surface area (Å²) in [4.78, 5) is 39.6. The molecule has 0 unspecified atom stereocenters. The maximum atomic E-state index is 12.8. The summed E-state index contributed by atoms with van der Waals surface area (Å²) in [6.07, 6.45) is 3.44. The quantitative estimate of drug-likeness (QED) is 0.890. The van der Waals surface area contributed by atoms with Crippen molar-refractivity contribution >= 4 is 17.5 Å². The van der Waals surface area contributed by atoms with Crippen molar-refractivity contribution in [2.75, 3.05) is 18.4 Å². The average Bonchev–Trinajstić information content (AvgIpc) is 2.97. The topological polar surface area (TPSA) is 97.4 Å². The smallest absolute Gasteiger partial charge is 0.274 e. The molecule has 1 fully saturated rings. The first-order chi connectivity index (χ1) is 12.8. The van der Waals surface area contributed by atoms with E-state index in [4.69, 9.17) is 4.52 Å². The summed E-state index contributed by atoms with van der Waals surface area (Å²) in [6.45, 7) is 6.86. The van der Waals surface area contributed by atoms with E-state index in [2.05, 4.69) is 17.4 Å². The minimum atomic E-state index is -0.486. The highest BCUT2D eigenvalue weighted by Crippen LogP contribution is 2.19. The van der Waals surface area contributed by atoms with Crippen LogP contribution in [0.4, 0.5) is 5.69 Å². The van der Waals surface area contributed by atoms with E-state index < -0.39 is 5.91 Å². The Morgan fingerprint density at radius 2 is 1.93 bits per heavy atom. The van der Waals surface area contributed by atoms with Crippen LogP contribution in [0.5, 0.6) is 0 Å². The maximum Gasteiger partial charge on any atom is 0.274 e. The molecule has 2 amide bonds. The third-order valence-electron chi connectivity index (χ3n) is 5.01. The van der Waals surface area contributed by atoms with E-state index >= 15 is 0 Å². The minimum Gasteiger partial charge on any atom is -0.361 e. The second-order valence-electron chi connectivity index (χ2n) is 7.19. The van der Waals surface area contributed by atoms with Gasteiger partial charge in [-0.05, 0) is 38.7 Å². The lowest BCUT2D eigenvalue weighted by atomic mass is 9.99. The molecule has 1 aliphatic rings. The molecule has 0 atom stereocenters. The molecule has 8 nitrogen and oxygen atoms in total. The van der Waals surface area contributed by atoms with Crippen LogP contribution in [0.25, 0.3) is 0 Å². The van der Waals surface area contributed by atoms with E-state index in [1.807, 2.05) is 0 Å². The van der Waals surface area contributed by atoms with E-state index in [0.717, 1.165) is 12.8 Å². The van der Waals surface area contributed by atoms with Crippen molar-refractivity contribution in [1.29, 1.82) is 0 Å². The van der Waals surface area contributed by atoms with Crippen molar-refractivity contribution in [3.8, 4) is 0 Å². The Morgan fingerprint density at radius 3 is 2.52 bits per heavy atom. The number of rotatable bonds is 3. The Hall–Kier alpha value is -2.90. The van der Waals surface area contributed by atoms with E-state index in [0.29, 0.717) is 41.6 Å². The molecular formula is C19H24N4O4. The zero-order valence-electron chi connectivity index (χ0n) is 16.0. The predicted molar refractivity (Wildman–Crippen MR) is 99.9 cm³/mol. The molecule has 3 heterocycles. The highest BCUT2D eigenvalue weighted by molar-refractivity contribution is 6.06. The van der Waals surface area contributed by atoms with Crippen LogP contribution in [-0.4, -0.2) is 39.5 Å². The number of carbonyl (C=O) groups is 2. The van der Waals surface area contributed by atoms with Gasteiger partial charge in [0.05, 0.1) is 11.3 Å². The summed E-state index contributed by atoms with van der Waals surface area (Å²) < 4.78 is 6.31. The molecule has 27 heavy (non-hydrogen) atoms. The molecule has 0 saturated carbocycles. The van der Waals surface area contributed by atoms with Crippen molar-refractivity contribution in [2.24, 2.45) is 13.0 Å². The molecule has 144 valence electrons. The number of anilines is 1. The van der Waals surface area contributed by atoms with Gasteiger partial charge >= 0.3 is 0 Å². The fraction of sp³-hybridized carbons (Fsp3) is 0.474. The number of hydrogen-bond acceptors (Lipinski definition) is 5. The SMILES string of the molecule is Cc1noc(C)c1C(=O)Nc1cc(C(=O)N2CCC(C)CC2)cn(C)c1=O. The number of hydrogen-bond donors (Lipinski definition) is 1. The van der Waals surface area contributed by atoms with Gasteiger partial charge in [0.2, 0.25) is 0 Å². The number of nitrogens with one attached hydrogen (secondary N) is 1. The number of piperidine rings is 1. The van der Waals surface area contributed by atoms with Crippen LogP contribution in [0.15, 0.2) is 21.6 Å². The van der Waals surface area contributed by atoms with Crippen molar-refractivity contribution in [3.05, 3.63) is 45.2 Å². The van der Waals surface area contributed by atoms with Gasteiger partial charge in [0.1, 0.15) is 17.0 Å². The van der Waals surface area contributed by atoms with Gasteiger partial charge in [-0.25, -0.2) is 0 Å². The fourth-order valence-corrected chi connectivity index (χ4v) is 3.30. The lowest BCUT2D eigenvalue weighted by molar-refractivity contribution is 0.0696. The summed E-state index contributed by atoms with van der Waals surface area (Å²) in [7, 11) is 1.56. The highest BCUT2D eigenvalue weighted by atomic mass is 16.5. The summed E-state index contributed by atoms with van der Waals surface area (Å²) >= 11 is 0. The normalized spacial score (nSPS) is 15.0. The standard InChI is InChI=1S/C19H24N4O4/c1-11-5-7-23(8-6-11)18(25)14-9-15(19(26)22(4)10-14)20-17(24)16-12(2)21-27-13(16)3/h9-11H,5-8H2,1-4H3,(H,20,24). The monoisotopic (exact) mass is 372 g/mol. The highest BCUT2D eigenvalue weighted by Gasteiger charge is 2.24. The molecule has 0 radical (unpaired) electrons. The van der Waals surface area contributed by atoms with Crippen molar-refractivity contribution < 1.29 is 14.1 Å². The molecule has 2 aromatic heterocycles. The molecule has 0 bridgehead atoms. The van der Waals surface area contributed by atoms with Gasteiger partial charge in [-0.1, -0.05) is 12.1 Å². The molecule has 1 saturated heterocycles. The molecular weight excluding hydrogens is 348 g/mol. The first-order valence-corrected chi connectivity index (χ1v) is 9.02. The Labute approximate surface area is 157 Å². The summed E-state index contributed by atoms with van der Waals surface area (Å²) in [5.41, 5.74) is 0.772. The zero-order chi connectivity index (χ0) is 19.7. The second kappa shape index (κ2) is 7.38. The van der Waals surface area contributed by atoms with Gasteiger partial charge in [0.15, 0.2) is 0 Å². The van der Waals surface area contributed by atoms with Gasteiger partial charge < -0.3 is 19.3 Å². The third kappa shape index (κ3) is 3.79. The number of likely N-dealkylation sites (tertiary alicyclic amines) is 1. The second-order valence-corrected chi connectivity index (χ2v) is 7.19. The zero-order valence-corrected chi connectivity index (χ0v) is 16.0. The van der Waals surface area contributed by atoms with Gasteiger partial charge in [-0.3, -0.25) is 14.4 Å². The summed E-state index contributed by atoms with van der Waals surface area (Å²) in [5.74, 6) is 0.362. The predicted octanol–water partition coefficient (Wildman–Crippen LogP) is 2.11. The van der Waals surface area contributed by atoms with Crippen molar-refractivity contribution in [2.45, 2.75) is 33.6 Å². The summed E-state index contributed by atoms with van der Waals surface area (Å²) in [5, 5.41) is 6.35. The van der Waals surface area contributed by atoms with Crippen LogP contribution in [0.3, 0.4) is 0 Å². The summed E-state index contributed by atoms with van der Waals surface area (Å²) in [6, 6.07) is 1.44. The molecule has 3 rings (SSSR count). The number of carbonyl (C=O) groups excluding carboxylic acids is 2. The van der Waals surface area contributed by atoms with Crippen LogP contribution in [-0.2, 0) is 7.05 Å². The first kappa shape index (κ1) is 18.9.